The number of rotatable bonds is 6. The summed E-state index contributed by atoms with van der Waals surface area (Å²) in [6.07, 6.45) is 1.63. The van der Waals surface area contributed by atoms with Gasteiger partial charge < -0.3 is 15.2 Å². The summed E-state index contributed by atoms with van der Waals surface area (Å²) < 4.78 is 5.44. The van der Waals surface area contributed by atoms with E-state index in [1.54, 1.807) is 12.1 Å². The summed E-state index contributed by atoms with van der Waals surface area (Å²) in [7, 11) is 0. The average Bonchev–Trinajstić information content (AvgIpc) is 2.78. The lowest BCUT2D eigenvalue weighted by Gasteiger charge is -2.35. The smallest absolute Gasteiger partial charge is 0.131 e. The lowest BCUT2D eigenvalue weighted by Crippen LogP contribution is -2.47. The molecule has 2 aromatic carbocycles. The Balaban J connectivity index is 1.51. The van der Waals surface area contributed by atoms with Crippen molar-refractivity contribution in [3.05, 3.63) is 65.7 Å². The molecule has 1 fully saturated rings. The van der Waals surface area contributed by atoms with Crippen LogP contribution < -0.4 is 5.32 Å². The molecular weight excluding hydrogens is 376 g/mol. The highest BCUT2D eigenvalue weighted by Gasteiger charge is 2.36. The Morgan fingerprint density at radius 1 is 1.03 bits per heavy atom. The number of phenolic OH excluding ortho intramolecular Hbond substituents is 1. The molecule has 0 amide bonds. The summed E-state index contributed by atoms with van der Waals surface area (Å²) in [5, 5.41) is 22.4. The van der Waals surface area contributed by atoms with E-state index in [0.717, 1.165) is 69.3 Å². The van der Waals surface area contributed by atoms with E-state index >= 15 is 0 Å². The second-order valence-corrected chi connectivity index (χ2v) is 8.32. The van der Waals surface area contributed by atoms with Gasteiger partial charge in [-0.05, 0) is 29.7 Å². The SMILES string of the molecule is CC1(Cc2ccc(O)cc2)CC(c2ccccc2)=NN=C1NCCN1CCOCC1. The minimum absolute atomic E-state index is 0.199. The van der Waals surface area contributed by atoms with Crippen LogP contribution in [0, 0.1) is 5.41 Å². The van der Waals surface area contributed by atoms with Gasteiger partial charge in [0, 0.05) is 38.0 Å². The van der Waals surface area contributed by atoms with Crippen molar-refractivity contribution in [2.45, 2.75) is 19.8 Å². The molecule has 0 aliphatic carbocycles. The number of hydrogen-bond donors (Lipinski definition) is 2. The van der Waals surface area contributed by atoms with Gasteiger partial charge in [0.15, 0.2) is 0 Å². The molecule has 0 aromatic heterocycles. The number of amidine groups is 1. The lowest BCUT2D eigenvalue weighted by molar-refractivity contribution is 0.0388. The van der Waals surface area contributed by atoms with Crippen molar-refractivity contribution < 1.29 is 9.84 Å². The van der Waals surface area contributed by atoms with Gasteiger partial charge in [-0.3, -0.25) is 4.90 Å². The molecule has 2 aliphatic rings. The molecule has 0 bridgehead atoms. The number of phenols is 1. The van der Waals surface area contributed by atoms with Gasteiger partial charge in [-0.1, -0.05) is 49.4 Å². The molecule has 1 saturated heterocycles. The number of aromatic hydroxyl groups is 1. The first-order valence-corrected chi connectivity index (χ1v) is 10.6. The second-order valence-electron chi connectivity index (χ2n) is 8.32. The molecule has 2 aromatic rings. The fraction of sp³-hybridized carbons (Fsp3) is 0.417. The average molecular weight is 407 g/mol. The first kappa shape index (κ1) is 20.6. The van der Waals surface area contributed by atoms with Crippen molar-refractivity contribution in [1.82, 2.24) is 10.2 Å². The van der Waals surface area contributed by atoms with Gasteiger partial charge >= 0.3 is 0 Å². The zero-order valence-electron chi connectivity index (χ0n) is 17.6. The first-order chi connectivity index (χ1) is 14.6. The Labute approximate surface area is 178 Å². The standard InChI is InChI=1S/C24H30N4O2/c1-24(17-19-7-9-21(29)10-8-19)18-22(20-5-3-2-4-6-20)26-27-23(24)25-11-12-28-13-15-30-16-14-28/h2-10,29H,11-18H2,1H3,(H,25,27). The van der Waals surface area contributed by atoms with E-state index in [1.807, 2.05) is 30.3 Å². The first-order valence-electron chi connectivity index (χ1n) is 10.6. The van der Waals surface area contributed by atoms with Crippen LogP contribution in [0.1, 0.15) is 24.5 Å². The number of nitrogens with one attached hydrogen (secondary N) is 1. The van der Waals surface area contributed by atoms with E-state index in [2.05, 4.69) is 39.5 Å². The molecule has 2 aliphatic heterocycles. The van der Waals surface area contributed by atoms with Crippen molar-refractivity contribution in [3.8, 4) is 5.75 Å². The van der Waals surface area contributed by atoms with Crippen molar-refractivity contribution in [2.24, 2.45) is 15.6 Å². The van der Waals surface area contributed by atoms with Crippen LogP contribution in [-0.2, 0) is 11.2 Å². The topological polar surface area (TPSA) is 69.5 Å². The molecule has 30 heavy (non-hydrogen) atoms. The molecule has 0 radical (unpaired) electrons. The van der Waals surface area contributed by atoms with Crippen molar-refractivity contribution in [1.29, 1.82) is 0 Å². The van der Waals surface area contributed by atoms with Crippen LogP contribution in [0.2, 0.25) is 0 Å². The summed E-state index contributed by atoms with van der Waals surface area (Å²) >= 11 is 0. The Morgan fingerprint density at radius 3 is 2.50 bits per heavy atom. The van der Waals surface area contributed by atoms with E-state index in [-0.39, 0.29) is 11.2 Å². The van der Waals surface area contributed by atoms with Crippen LogP contribution in [0.15, 0.2) is 64.8 Å². The molecule has 4 rings (SSSR count). The number of ether oxygens (including phenoxy) is 1. The van der Waals surface area contributed by atoms with E-state index in [1.165, 1.54) is 5.56 Å². The van der Waals surface area contributed by atoms with Crippen LogP contribution in [0.3, 0.4) is 0 Å². The van der Waals surface area contributed by atoms with Gasteiger partial charge in [0.1, 0.15) is 11.6 Å². The molecular formula is C24H30N4O2. The normalized spacial score (nSPS) is 22.3. The number of morpholine rings is 1. The zero-order chi connectivity index (χ0) is 20.8. The van der Waals surface area contributed by atoms with Crippen LogP contribution in [0.4, 0.5) is 0 Å². The van der Waals surface area contributed by atoms with Gasteiger partial charge in [-0.25, -0.2) is 0 Å². The monoisotopic (exact) mass is 406 g/mol. The van der Waals surface area contributed by atoms with Gasteiger partial charge in [0.05, 0.1) is 18.9 Å². The molecule has 1 unspecified atom stereocenters. The van der Waals surface area contributed by atoms with E-state index in [9.17, 15) is 5.11 Å². The molecule has 158 valence electrons. The summed E-state index contributed by atoms with van der Waals surface area (Å²) in [5.41, 5.74) is 3.10. The Morgan fingerprint density at radius 2 is 1.77 bits per heavy atom. The van der Waals surface area contributed by atoms with Gasteiger partial charge in [0.2, 0.25) is 0 Å². The highest BCUT2D eigenvalue weighted by Crippen LogP contribution is 2.33. The Hall–Kier alpha value is -2.70. The number of nitrogens with zero attached hydrogens (tertiary/aromatic N) is 3. The highest BCUT2D eigenvalue weighted by atomic mass is 16.5. The Kier molecular flexibility index (Phi) is 6.45. The van der Waals surface area contributed by atoms with Gasteiger partial charge in [0.25, 0.3) is 0 Å². The van der Waals surface area contributed by atoms with Crippen molar-refractivity contribution in [3.63, 3.8) is 0 Å². The third-order valence-electron chi connectivity index (χ3n) is 5.86. The minimum atomic E-state index is -0.199. The van der Waals surface area contributed by atoms with Crippen molar-refractivity contribution >= 4 is 11.5 Å². The third-order valence-corrected chi connectivity index (χ3v) is 5.86. The van der Waals surface area contributed by atoms with E-state index < -0.39 is 0 Å². The largest absolute Gasteiger partial charge is 0.508 e. The molecule has 2 heterocycles. The number of benzene rings is 2. The summed E-state index contributed by atoms with van der Waals surface area (Å²) in [4.78, 5) is 2.41. The van der Waals surface area contributed by atoms with Crippen LogP contribution >= 0.6 is 0 Å². The number of hydrogen-bond acceptors (Lipinski definition) is 6. The summed E-state index contributed by atoms with van der Waals surface area (Å²) in [5.74, 6) is 1.22. The quantitative estimate of drug-likeness (QED) is 0.774. The van der Waals surface area contributed by atoms with Crippen LogP contribution in [0.25, 0.3) is 0 Å². The summed E-state index contributed by atoms with van der Waals surface area (Å²) in [6.45, 7) is 7.63. The maximum atomic E-state index is 9.64. The van der Waals surface area contributed by atoms with E-state index in [4.69, 9.17) is 4.74 Å². The Bertz CT molecular complexity index is 889. The molecule has 6 nitrogen and oxygen atoms in total. The van der Waals surface area contributed by atoms with Gasteiger partial charge in [-0.15, -0.1) is 5.10 Å². The second kappa shape index (κ2) is 9.41. The lowest BCUT2D eigenvalue weighted by atomic mass is 9.76. The maximum Gasteiger partial charge on any atom is 0.131 e. The van der Waals surface area contributed by atoms with E-state index in [0.29, 0.717) is 0 Å². The highest BCUT2D eigenvalue weighted by molar-refractivity contribution is 6.06. The fourth-order valence-corrected chi connectivity index (χ4v) is 4.13. The van der Waals surface area contributed by atoms with Gasteiger partial charge in [-0.2, -0.15) is 5.10 Å². The predicted molar refractivity (Wildman–Crippen MR) is 120 cm³/mol. The molecule has 6 heteroatoms. The summed E-state index contributed by atoms with van der Waals surface area (Å²) in [6, 6.07) is 17.7. The third kappa shape index (κ3) is 5.07. The molecule has 0 saturated carbocycles. The molecule has 1 atom stereocenters. The van der Waals surface area contributed by atoms with Crippen LogP contribution in [0.5, 0.6) is 5.75 Å². The molecule has 2 N–H and O–H groups in total. The fourth-order valence-electron chi connectivity index (χ4n) is 4.13. The van der Waals surface area contributed by atoms with Crippen LogP contribution in [-0.4, -0.2) is 60.9 Å². The maximum absolute atomic E-state index is 9.64. The predicted octanol–water partition coefficient (Wildman–Crippen LogP) is 3.07. The van der Waals surface area contributed by atoms with Crippen molar-refractivity contribution in [2.75, 3.05) is 39.4 Å². The zero-order valence-corrected chi connectivity index (χ0v) is 17.6. The minimum Gasteiger partial charge on any atom is -0.508 e. The molecule has 0 spiro atoms.